The van der Waals surface area contributed by atoms with Crippen molar-refractivity contribution in [1.29, 1.82) is 0 Å². The van der Waals surface area contributed by atoms with Gasteiger partial charge in [0, 0.05) is 0 Å². The summed E-state index contributed by atoms with van der Waals surface area (Å²) in [5.74, 6) is 0. The summed E-state index contributed by atoms with van der Waals surface area (Å²) in [6, 6.07) is 0. The third-order valence-electron chi connectivity index (χ3n) is 1.34. The summed E-state index contributed by atoms with van der Waals surface area (Å²) in [5, 5.41) is 16.5. The molecule has 0 N–H and O–H groups in total. The average molecular weight is 188 g/mol. The molecule has 0 aliphatic rings. The van der Waals surface area contributed by atoms with E-state index < -0.39 is 0 Å². The van der Waals surface area contributed by atoms with E-state index in [4.69, 9.17) is 10.2 Å². The van der Waals surface area contributed by atoms with Crippen LogP contribution in [-0.2, 0) is 0 Å². The molecule has 0 heterocycles. The fourth-order valence-corrected chi connectivity index (χ4v) is 0.671. The van der Waals surface area contributed by atoms with Crippen molar-refractivity contribution < 1.29 is 10.2 Å². The predicted octanol–water partition coefficient (Wildman–Crippen LogP) is -1.08. The topological polar surface area (TPSA) is 49.4 Å². The van der Waals surface area contributed by atoms with Gasteiger partial charge in [0.2, 0.25) is 0 Å². The molecule has 0 bridgehead atoms. The first kappa shape index (κ1) is 22.9. The Balaban J connectivity index is -0.0000000560. The van der Waals surface area contributed by atoms with E-state index in [1.165, 1.54) is 19.6 Å². The van der Waals surface area contributed by atoms with Crippen LogP contribution in [0.15, 0.2) is 0 Å². The molecule has 0 atom stereocenters. The number of nitrogens with zero attached hydrogens (tertiary/aromatic N) is 1. The summed E-state index contributed by atoms with van der Waals surface area (Å²) in [6.45, 7) is 10.1. The second-order valence-corrected chi connectivity index (χ2v) is 1.62. The monoisotopic (exact) mass is 187 g/mol. The molecule has 0 saturated heterocycles. The Hall–Kier alpha value is 0.646. The zero-order valence-corrected chi connectivity index (χ0v) is 10.5. The van der Waals surface area contributed by atoms with E-state index in [0.717, 1.165) is 14.2 Å². The van der Waals surface area contributed by atoms with Crippen molar-refractivity contribution >= 4 is 23.1 Å². The summed E-state index contributed by atoms with van der Waals surface area (Å²) in [4.78, 5) is 2.38. The SMILES string of the molecule is CCN(CC)CC.C[O-].C[O-].[Mg+2]. The summed E-state index contributed by atoms with van der Waals surface area (Å²) in [5.41, 5.74) is 0. The van der Waals surface area contributed by atoms with E-state index in [1.807, 2.05) is 0 Å². The Bertz CT molecular complexity index is 38.5. The van der Waals surface area contributed by atoms with E-state index in [0.29, 0.717) is 0 Å². The van der Waals surface area contributed by atoms with Crippen molar-refractivity contribution in [2.45, 2.75) is 20.8 Å². The quantitative estimate of drug-likeness (QED) is 0.528. The van der Waals surface area contributed by atoms with Gasteiger partial charge in [-0.2, -0.15) is 14.2 Å². The van der Waals surface area contributed by atoms with Crippen molar-refractivity contribution in [3.8, 4) is 0 Å². The second-order valence-electron chi connectivity index (χ2n) is 1.62. The van der Waals surface area contributed by atoms with Gasteiger partial charge in [0.05, 0.1) is 0 Å². The fourth-order valence-electron chi connectivity index (χ4n) is 0.671. The van der Waals surface area contributed by atoms with Gasteiger partial charge in [0.15, 0.2) is 0 Å². The van der Waals surface area contributed by atoms with Gasteiger partial charge in [-0.05, 0) is 19.6 Å². The minimum Gasteiger partial charge on any atom is -0.857 e. The van der Waals surface area contributed by atoms with Crippen LogP contribution in [0.25, 0.3) is 0 Å². The molecule has 0 rings (SSSR count). The van der Waals surface area contributed by atoms with Crippen molar-refractivity contribution in [1.82, 2.24) is 4.90 Å². The van der Waals surface area contributed by atoms with Crippen molar-refractivity contribution in [2.24, 2.45) is 0 Å². The molecule has 0 radical (unpaired) electrons. The zero-order valence-electron chi connectivity index (χ0n) is 9.09. The van der Waals surface area contributed by atoms with Crippen LogP contribution in [0.2, 0.25) is 0 Å². The summed E-state index contributed by atoms with van der Waals surface area (Å²) >= 11 is 0. The van der Waals surface area contributed by atoms with E-state index in [-0.39, 0.29) is 23.1 Å². The van der Waals surface area contributed by atoms with E-state index in [1.54, 1.807) is 0 Å². The van der Waals surface area contributed by atoms with Gasteiger partial charge in [-0.25, -0.2) is 0 Å². The van der Waals surface area contributed by atoms with Crippen LogP contribution in [0, 0.1) is 0 Å². The summed E-state index contributed by atoms with van der Waals surface area (Å²) in [6.07, 6.45) is 0. The maximum Gasteiger partial charge on any atom is 2.00 e. The Morgan fingerprint density at radius 2 is 0.917 bits per heavy atom. The third-order valence-corrected chi connectivity index (χ3v) is 1.34. The number of hydrogen-bond acceptors (Lipinski definition) is 3. The molecule has 3 nitrogen and oxygen atoms in total. The molecule has 0 saturated carbocycles. The van der Waals surface area contributed by atoms with Crippen LogP contribution in [-0.4, -0.2) is 61.8 Å². The Kier molecular flexibility index (Phi) is 57.1. The Morgan fingerprint density at radius 3 is 0.917 bits per heavy atom. The Morgan fingerprint density at radius 1 is 0.750 bits per heavy atom. The molecule has 0 aliphatic heterocycles. The summed E-state index contributed by atoms with van der Waals surface area (Å²) < 4.78 is 0. The molecule has 4 heteroatoms. The van der Waals surface area contributed by atoms with Gasteiger partial charge in [-0.3, -0.25) is 0 Å². The molecule has 72 valence electrons. The minimum atomic E-state index is 0. The normalized spacial score (nSPS) is 7.00. The van der Waals surface area contributed by atoms with Gasteiger partial charge in [0.1, 0.15) is 0 Å². The number of rotatable bonds is 3. The van der Waals surface area contributed by atoms with Crippen molar-refractivity contribution in [2.75, 3.05) is 33.9 Å². The van der Waals surface area contributed by atoms with Crippen LogP contribution in [0.5, 0.6) is 0 Å². The summed E-state index contributed by atoms with van der Waals surface area (Å²) in [7, 11) is 1.50. The van der Waals surface area contributed by atoms with Gasteiger partial charge >= 0.3 is 23.1 Å². The predicted molar refractivity (Wildman–Crippen MR) is 51.1 cm³/mol. The van der Waals surface area contributed by atoms with Gasteiger partial charge in [-0.1, -0.05) is 20.8 Å². The fraction of sp³-hybridized carbons (Fsp3) is 1.00. The van der Waals surface area contributed by atoms with Gasteiger partial charge in [-0.15, -0.1) is 0 Å². The van der Waals surface area contributed by atoms with Crippen molar-refractivity contribution in [3.63, 3.8) is 0 Å². The standard InChI is InChI=1S/C6H15N.2CH3O.Mg/c1-4-7(5-2)6-3;2*1-2;/h4-6H2,1-3H3;2*1H3;/q;2*-1;+2. The molecule has 0 aromatic heterocycles. The van der Waals surface area contributed by atoms with Crippen LogP contribution in [0.3, 0.4) is 0 Å². The second kappa shape index (κ2) is 29.9. The third kappa shape index (κ3) is 22.4. The average Bonchev–Trinajstić information content (AvgIpc) is 2.14. The molecule has 0 aromatic carbocycles. The van der Waals surface area contributed by atoms with E-state index in [9.17, 15) is 0 Å². The molecule has 0 fully saturated rings. The largest absolute Gasteiger partial charge is 2.00 e. The molecule has 0 spiro atoms. The minimum absolute atomic E-state index is 0. The molecule has 0 aliphatic carbocycles. The van der Waals surface area contributed by atoms with Gasteiger partial charge in [0.25, 0.3) is 0 Å². The van der Waals surface area contributed by atoms with Crippen LogP contribution in [0.1, 0.15) is 20.8 Å². The molecular formula is C8H21MgNO2. The van der Waals surface area contributed by atoms with Crippen LogP contribution < -0.4 is 10.2 Å². The zero-order chi connectivity index (χ0) is 9.70. The first-order valence-electron chi connectivity index (χ1n) is 3.89. The molecule has 0 amide bonds. The molecule has 0 unspecified atom stereocenters. The van der Waals surface area contributed by atoms with Gasteiger partial charge < -0.3 is 15.1 Å². The van der Waals surface area contributed by atoms with E-state index >= 15 is 0 Å². The molecule has 0 aromatic rings. The van der Waals surface area contributed by atoms with Crippen LogP contribution >= 0.6 is 0 Å². The maximum atomic E-state index is 8.25. The Labute approximate surface area is 92.9 Å². The van der Waals surface area contributed by atoms with Crippen LogP contribution in [0.4, 0.5) is 0 Å². The molecular weight excluding hydrogens is 166 g/mol. The first-order valence-corrected chi connectivity index (χ1v) is 3.89. The number of hydrogen-bond donors (Lipinski definition) is 0. The van der Waals surface area contributed by atoms with E-state index in [2.05, 4.69) is 25.7 Å². The maximum absolute atomic E-state index is 8.25. The van der Waals surface area contributed by atoms with Crippen molar-refractivity contribution in [3.05, 3.63) is 0 Å². The molecule has 12 heavy (non-hydrogen) atoms. The smallest absolute Gasteiger partial charge is 0.857 e. The first-order chi connectivity index (χ1) is 5.35.